The van der Waals surface area contributed by atoms with Crippen LogP contribution in [0.25, 0.3) is 0 Å². The standard InChI is InChI=1S/C6H9NO3/c1-3-5(7-4-8)6(9)10-2/h3-4H,1-2H3,(H,7,8)/b5-3-. The molecule has 10 heavy (non-hydrogen) atoms. The first-order valence-corrected chi connectivity index (χ1v) is 2.71. The monoisotopic (exact) mass is 143 g/mol. The molecule has 1 amide bonds. The number of ether oxygens (including phenoxy) is 1. The fourth-order valence-electron chi connectivity index (χ4n) is 0.434. The normalized spacial score (nSPS) is 10.4. The van der Waals surface area contributed by atoms with Crippen LogP contribution in [0.2, 0.25) is 0 Å². The Morgan fingerprint density at radius 2 is 2.20 bits per heavy atom. The van der Waals surface area contributed by atoms with Gasteiger partial charge in [-0.2, -0.15) is 0 Å². The molecular formula is C6H9NO3. The number of methoxy groups -OCH3 is 1. The summed E-state index contributed by atoms with van der Waals surface area (Å²) in [4.78, 5) is 20.5. The van der Waals surface area contributed by atoms with E-state index in [4.69, 9.17) is 0 Å². The zero-order valence-electron chi connectivity index (χ0n) is 5.88. The summed E-state index contributed by atoms with van der Waals surface area (Å²) in [6, 6.07) is 0. The molecule has 0 radical (unpaired) electrons. The minimum atomic E-state index is -0.547. The molecule has 4 heteroatoms. The van der Waals surface area contributed by atoms with E-state index in [0.29, 0.717) is 6.41 Å². The van der Waals surface area contributed by atoms with Crippen LogP contribution in [0.4, 0.5) is 0 Å². The summed E-state index contributed by atoms with van der Waals surface area (Å²) in [6.07, 6.45) is 1.88. The minimum absolute atomic E-state index is 0.150. The molecule has 0 bridgehead atoms. The second-order valence-electron chi connectivity index (χ2n) is 1.46. The Morgan fingerprint density at radius 1 is 1.60 bits per heavy atom. The highest BCUT2D eigenvalue weighted by molar-refractivity contribution is 5.89. The SMILES string of the molecule is C/C=C(\NC=O)C(=O)OC. The second-order valence-corrected chi connectivity index (χ2v) is 1.46. The van der Waals surface area contributed by atoms with Crippen molar-refractivity contribution in [2.24, 2.45) is 0 Å². The molecule has 0 heterocycles. The van der Waals surface area contributed by atoms with Crippen molar-refractivity contribution in [1.82, 2.24) is 5.32 Å². The van der Waals surface area contributed by atoms with Crippen molar-refractivity contribution < 1.29 is 14.3 Å². The van der Waals surface area contributed by atoms with E-state index < -0.39 is 5.97 Å². The largest absolute Gasteiger partial charge is 0.464 e. The zero-order chi connectivity index (χ0) is 7.98. The van der Waals surface area contributed by atoms with E-state index in [1.165, 1.54) is 13.2 Å². The number of nitrogens with one attached hydrogen (secondary N) is 1. The van der Waals surface area contributed by atoms with Gasteiger partial charge in [0.2, 0.25) is 6.41 Å². The maximum absolute atomic E-state index is 10.6. The molecule has 0 aromatic heterocycles. The molecule has 0 aromatic carbocycles. The molecule has 1 N–H and O–H groups in total. The van der Waals surface area contributed by atoms with Crippen LogP contribution in [0.5, 0.6) is 0 Å². The molecule has 0 fully saturated rings. The van der Waals surface area contributed by atoms with E-state index in [0.717, 1.165) is 0 Å². The molecule has 0 rings (SSSR count). The third kappa shape index (κ3) is 2.30. The molecule has 0 saturated heterocycles. The van der Waals surface area contributed by atoms with Crippen molar-refractivity contribution in [3.8, 4) is 0 Å². The highest BCUT2D eigenvalue weighted by Crippen LogP contribution is 1.89. The smallest absolute Gasteiger partial charge is 0.354 e. The Kier molecular flexibility index (Phi) is 3.95. The number of esters is 1. The van der Waals surface area contributed by atoms with Gasteiger partial charge in [0.25, 0.3) is 0 Å². The van der Waals surface area contributed by atoms with Crippen LogP contribution >= 0.6 is 0 Å². The molecule has 0 unspecified atom stereocenters. The predicted molar refractivity (Wildman–Crippen MR) is 35.0 cm³/mol. The number of carbonyl (C=O) groups excluding carboxylic acids is 2. The molecule has 56 valence electrons. The molecule has 0 aromatic rings. The highest BCUT2D eigenvalue weighted by atomic mass is 16.5. The van der Waals surface area contributed by atoms with E-state index in [1.807, 2.05) is 0 Å². The van der Waals surface area contributed by atoms with E-state index in [9.17, 15) is 9.59 Å². The van der Waals surface area contributed by atoms with Crippen LogP contribution in [0.3, 0.4) is 0 Å². The Bertz CT molecular complexity index is 162. The molecule has 0 aliphatic carbocycles. The van der Waals surface area contributed by atoms with Crippen LogP contribution in [0.1, 0.15) is 6.92 Å². The average molecular weight is 143 g/mol. The summed E-state index contributed by atoms with van der Waals surface area (Å²) in [6.45, 7) is 1.63. The quantitative estimate of drug-likeness (QED) is 0.338. The van der Waals surface area contributed by atoms with Gasteiger partial charge in [-0.1, -0.05) is 6.08 Å². The summed E-state index contributed by atoms with van der Waals surface area (Å²) in [5.41, 5.74) is 0.150. The van der Waals surface area contributed by atoms with Gasteiger partial charge >= 0.3 is 5.97 Å². The first kappa shape index (κ1) is 8.68. The van der Waals surface area contributed by atoms with Crippen LogP contribution in [-0.4, -0.2) is 19.5 Å². The Balaban J connectivity index is 4.08. The molecule has 0 spiro atoms. The van der Waals surface area contributed by atoms with Crippen LogP contribution < -0.4 is 5.32 Å². The Labute approximate surface area is 58.9 Å². The lowest BCUT2D eigenvalue weighted by atomic mass is 10.4. The molecule has 0 saturated carbocycles. The first-order chi connectivity index (χ1) is 4.76. The summed E-state index contributed by atoms with van der Waals surface area (Å²) in [7, 11) is 1.25. The number of carbonyl (C=O) groups is 2. The molecule has 0 atom stereocenters. The van der Waals surface area contributed by atoms with Gasteiger partial charge in [0.05, 0.1) is 7.11 Å². The Morgan fingerprint density at radius 3 is 2.50 bits per heavy atom. The van der Waals surface area contributed by atoms with Gasteiger partial charge in [0.15, 0.2) is 0 Å². The van der Waals surface area contributed by atoms with Gasteiger partial charge in [-0.3, -0.25) is 4.79 Å². The van der Waals surface area contributed by atoms with Crippen molar-refractivity contribution in [3.05, 3.63) is 11.8 Å². The molecule has 0 aliphatic rings. The predicted octanol–water partition coefficient (Wildman–Crippen LogP) is -0.191. The lowest BCUT2D eigenvalue weighted by Gasteiger charge is -1.99. The van der Waals surface area contributed by atoms with Gasteiger partial charge in [-0.05, 0) is 6.92 Å². The highest BCUT2D eigenvalue weighted by Gasteiger charge is 2.04. The van der Waals surface area contributed by atoms with Crippen LogP contribution in [0.15, 0.2) is 11.8 Å². The van der Waals surface area contributed by atoms with E-state index in [1.54, 1.807) is 6.92 Å². The zero-order valence-corrected chi connectivity index (χ0v) is 5.88. The maximum Gasteiger partial charge on any atom is 0.354 e. The van der Waals surface area contributed by atoms with Crippen LogP contribution in [0, 0.1) is 0 Å². The third-order valence-corrected chi connectivity index (χ3v) is 0.908. The average Bonchev–Trinajstić information content (AvgIpc) is 1.99. The lowest BCUT2D eigenvalue weighted by molar-refractivity contribution is -0.137. The van der Waals surface area contributed by atoms with Gasteiger partial charge in [0, 0.05) is 0 Å². The maximum atomic E-state index is 10.6. The fourth-order valence-corrected chi connectivity index (χ4v) is 0.434. The molecule has 0 aliphatic heterocycles. The number of hydrogen-bond acceptors (Lipinski definition) is 3. The van der Waals surface area contributed by atoms with Gasteiger partial charge in [0.1, 0.15) is 5.70 Å². The fraction of sp³-hybridized carbons (Fsp3) is 0.333. The van der Waals surface area contributed by atoms with Gasteiger partial charge < -0.3 is 10.1 Å². The lowest BCUT2D eigenvalue weighted by Crippen LogP contribution is -2.19. The molecule has 4 nitrogen and oxygen atoms in total. The van der Waals surface area contributed by atoms with Gasteiger partial charge in [-0.25, -0.2) is 4.79 Å². The first-order valence-electron chi connectivity index (χ1n) is 2.71. The number of allylic oxidation sites excluding steroid dienone is 1. The van der Waals surface area contributed by atoms with E-state index in [-0.39, 0.29) is 5.70 Å². The Hall–Kier alpha value is -1.32. The number of hydrogen-bond donors (Lipinski definition) is 1. The van der Waals surface area contributed by atoms with Crippen molar-refractivity contribution in [1.29, 1.82) is 0 Å². The van der Waals surface area contributed by atoms with Crippen molar-refractivity contribution in [2.75, 3.05) is 7.11 Å². The van der Waals surface area contributed by atoms with Crippen LogP contribution in [-0.2, 0) is 14.3 Å². The summed E-state index contributed by atoms with van der Waals surface area (Å²) < 4.78 is 4.33. The number of rotatable bonds is 3. The second kappa shape index (κ2) is 4.55. The number of amides is 1. The third-order valence-electron chi connectivity index (χ3n) is 0.908. The summed E-state index contributed by atoms with van der Waals surface area (Å²) >= 11 is 0. The summed E-state index contributed by atoms with van der Waals surface area (Å²) in [5, 5.41) is 2.19. The van der Waals surface area contributed by atoms with Gasteiger partial charge in [-0.15, -0.1) is 0 Å². The summed E-state index contributed by atoms with van der Waals surface area (Å²) in [5.74, 6) is -0.547. The van der Waals surface area contributed by atoms with E-state index >= 15 is 0 Å². The van der Waals surface area contributed by atoms with E-state index in [2.05, 4.69) is 10.1 Å². The van der Waals surface area contributed by atoms with Crippen molar-refractivity contribution >= 4 is 12.4 Å². The minimum Gasteiger partial charge on any atom is -0.464 e. The molecular weight excluding hydrogens is 134 g/mol. The topological polar surface area (TPSA) is 55.4 Å². The van der Waals surface area contributed by atoms with Crippen molar-refractivity contribution in [3.63, 3.8) is 0 Å². The van der Waals surface area contributed by atoms with Crippen molar-refractivity contribution in [2.45, 2.75) is 6.92 Å².